The maximum atomic E-state index is 5.88. The molecule has 3 heterocycles. The second-order valence-corrected chi connectivity index (χ2v) is 5.54. The molecule has 2 aromatic rings. The maximum absolute atomic E-state index is 5.88. The van der Waals surface area contributed by atoms with Gasteiger partial charge in [-0.05, 0) is 32.1 Å². The highest BCUT2D eigenvalue weighted by Crippen LogP contribution is 2.25. The quantitative estimate of drug-likeness (QED) is 0.809. The lowest BCUT2D eigenvalue weighted by Crippen LogP contribution is -2.37. The van der Waals surface area contributed by atoms with Crippen LogP contribution in [-0.2, 0) is 0 Å². The molecule has 0 aromatic carbocycles. The first kappa shape index (κ1) is 12.7. The smallest absolute Gasteiger partial charge is 0.254 e. The van der Waals surface area contributed by atoms with Crippen LogP contribution in [0.5, 0.6) is 0 Å². The zero-order valence-corrected chi connectivity index (χ0v) is 11.8. The van der Waals surface area contributed by atoms with Gasteiger partial charge in [-0.25, -0.2) is 4.98 Å². The van der Waals surface area contributed by atoms with Crippen molar-refractivity contribution in [3.05, 3.63) is 18.1 Å². The Morgan fingerprint density at radius 2 is 2.37 bits per heavy atom. The molecule has 0 aliphatic carbocycles. The summed E-state index contributed by atoms with van der Waals surface area (Å²) < 4.78 is 1.83. The Morgan fingerprint density at radius 3 is 3.21 bits per heavy atom. The first-order valence-electron chi connectivity index (χ1n) is 6.76. The Morgan fingerprint density at radius 1 is 1.47 bits per heavy atom. The van der Waals surface area contributed by atoms with Gasteiger partial charge in [0.2, 0.25) is 0 Å². The number of alkyl halides is 1. The van der Waals surface area contributed by atoms with E-state index in [1.165, 1.54) is 12.8 Å². The van der Waals surface area contributed by atoms with Gasteiger partial charge < -0.3 is 4.90 Å². The summed E-state index contributed by atoms with van der Waals surface area (Å²) >= 11 is 5.88. The molecule has 0 saturated carbocycles. The highest BCUT2D eigenvalue weighted by molar-refractivity contribution is 6.17. The summed E-state index contributed by atoms with van der Waals surface area (Å²) in [4.78, 5) is 11.0. The van der Waals surface area contributed by atoms with Crippen molar-refractivity contribution in [1.29, 1.82) is 0 Å². The number of halogens is 1. The molecule has 0 radical (unpaired) electrons. The van der Waals surface area contributed by atoms with Gasteiger partial charge >= 0.3 is 0 Å². The van der Waals surface area contributed by atoms with Crippen LogP contribution in [0.2, 0.25) is 0 Å². The normalized spacial score (nSPS) is 20.1. The van der Waals surface area contributed by atoms with E-state index in [1.807, 2.05) is 11.4 Å². The molecule has 0 amide bonds. The van der Waals surface area contributed by atoms with Crippen molar-refractivity contribution in [2.24, 2.45) is 5.92 Å². The third-order valence-electron chi connectivity index (χ3n) is 3.72. The standard InChI is InChI=1S/C13H18ClN5/c1-10-7-12(19-13(17-10)15-9-16-19)18-6-2-3-11(8-18)4-5-14/h7,9,11H,2-6,8H2,1H3. The fourth-order valence-electron chi connectivity index (χ4n) is 2.80. The summed E-state index contributed by atoms with van der Waals surface area (Å²) in [5.41, 5.74) is 0.981. The van der Waals surface area contributed by atoms with Crippen LogP contribution in [0, 0.1) is 12.8 Å². The highest BCUT2D eigenvalue weighted by atomic mass is 35.5. The van der Waals surface area contributed by atoms with Gasteiger partial charge in [0.05, 0.1) is 0 Å². The maximum Gasteiger partial charge on any atom is 0.254 e. The van der Waals surface area contributed by atoms with Crippen molar-refractivity contribution < 1.29 is 0 Å². The van der Waals surface area contributed by atoms with Crippen molar-refractivity contribution in [2.45, 2.75) is 26.2 Å². The molecular formula is C13H18ClN5. The number of rotatable bonds is 3. The fraction of sp³-hybridized carbons (Fsp3) is 0.615. The van der Waals surface area contributed by atoms with E-state index in [-0.39, 0.29) is 0 Å². The second-order valence-electron chi connectivity index (χ2n) is 5.16. The molecule has 1 fully saturated rings. The first-order chi connectivity index (χ1) is 9.28. The number of fused-ring (bicyclic) bond motifs is 1. The summed E-state index contributed by atoms with van der Waals surface area (Å²) in [6, 6.07) is 2.09. The van der Waals surface area contributed by atoms with E-state index >= 15 is 0 Å². The van der Waals surface area contributed by atoms with Crippen LogP contribution in [0.15, 0.2) is 12.4 Å². The zero-order valence-electron chi connectivity index (χ0n) is 11.1. The van der Waals surface area contributed by atoms with Crippen LogP contribution >= 0.6 is 11.6 Å². The van der Waals surface area contributed by atoms with E-state index in [1.54, 1.807) is 6.33 Å². The van der Waals surface area contributed by atoms with Crippen molar-refractivity contribution in [3.8, 4) is 0 Å². The molecule has 1 saturated heterocycles. The van der Waals surface area contributed by atoms with Crippen LogP contribution in [-0.4, -0.2) is 38.6 Å². The number of hydrogen-bond acceptors (Lipinski definition) is 4. The molecular weight excluding hydrogens is 262 g/mol. The predicted octanol–water partition coefficient (Wildman–Crippen LogP) is 2.28. The lowest BCUT2D eigenvalue weighted by atomic mass is 9.95. The van der Waals surface area contributed by atoms with Gasteiger partial charge in [-0.15, -0.1) is 11.6 Å². The molecule has 0 N–H and O–H groups in total. The molecule has 0 bridgehead atoms. The number of nitrogens with zero attached hydrogens (tertiary/aromatic N) is 5. The molecule has 5 nitrogen and oxygen atoms in total. The van der Waals surface area contributed by atoms with Crippen LogP contribution in [0.3, 0.4) is 0 Å². The van der Waals surface area contributed by atoms with Crippen molar-refractivity contribution in [1.82, 2.24) is 19.6 Å². The number of hydrogen-bond donors (Lipinski definition) is 0. The summed E-state index contributed by atoms with van der Waals surface area (Å²) in [5, 5.41) is 4.28. The number of anilines is 1. The van der Waals surface area contributed by atoms with Crippen molar-refractivity contribution >= 4 is 23.2 Å². The molecule has 19 heavy (non-hydrogen) atoms. The van der Waals surface area contributed by atoms with E-state index in [0.29, 0.717) is 11.7 Å². The van der Waals surface area contributed by atoms with E-state index in [2.05, 4.69) is 26.0 Å². The minimum absolute atomic E-state index is 0.675. The molecule has 1 aliphatic heterocycles. The predicted molar refractivity (Wildman–Crippen MR) is 75.8 cm³/mol. The monoisotopic (exact) mass is 279 g/mol. The van der Waals surface area contributed by atoms with E-state index in [4.69, 9.17) is 11.6 Å². The lowest BCUT2D eigenvalue weighted by Gasteiger charge is -2.34. The van der Waals surface area contributed by atoms with E-state index in [0.717, 1.165) is 36.9 Å². The van der Waals surface area contributed by atoms with Crippen molar-refractivity contribution in [2.75, 3.05) is 23.9 Å². The number of aromatic nitrogens is 4. The van der Waals surface area contributed by atoms with Gasteiger partial charge in [-0.1, -0.05) is 0 Å². The zero-order chi connectivity index (χ0) is 13.2. The Kier molecular flexibility index (Phi) is 3.55. The summed E-state index contributed by atoms with van der Waals surface area (Å²) in [7, 11) is 0. The number of piperidine rings is 1. The van der Waals surface area contributed by atoms with E-state index < -0.39 is 0 Å². The minimum Gasteiger partial charge on any atom is -0.356 e. The Bertz CT molecular complexity index is 565. The Hall–Kier alpha value is -1.36. The van der Waals surface area contributed by atoms with Crippen LogP contribution in [0.25, 0.3) is 5.78 Å². The second kappa shape index (κ2) is 5.33. The largest absolute Gasteiger partial charge is 0.356 e. The third-order valence-corrected chi connectivity index (χ3v) is 3.94. The van der Waals surface area contributed by atoms with Crippen molar-refractivity contribution in [3.63, 3.8) is 0 Å². The lowest BCUT2D eigenvalue weighted by molar-refractivity contribution is 0.403. The van der Waals surface area contributed by atoms with Gasteiger partial charge in [0.15, 0.2) is 0 Å². The topological polar surface area (TPSA) is 46.3 Å². The molecule has 2 aromatic heterocycles. The molecule has 0 spiro atoms. The Balaban J connectivity index is 1.92. The third kappa shape index (κ3) is 2.52. The molecule has 102 valence electrons. The Labute approximate surface area is 117 Å². The van der Waals surface area contributed by atoms with Crippen LogP contribution in [0.1, 0.15) is 25.0 Å². The average molecular weight is 280 g/mol. The molecule has 6 heteroatoms. The van der Waals surface area contributed by atoms with Gasteiger partial charge in [0.25, 0.3) is 5.78 Å². The average Bonchev–Trinajstić information content (AvgIpc) is 2.86. The minimum atomic E-state index is 0.675. The van der Waals surface area contributed by atoms with Crippen LogP contribution < -0.4 is 4.90 Å². The highest BCUT2D eigenvalue weighted by Gasteiger charge is 2.22. The van der Waals surface area contributed by atoms with E-state index in [9.17, 15) is 0 Å². The molecule has 3 rings (SSSR count). The first-order valence-corrected chi connectivity index (χ1v) is 7.29. The summed E-state index contributed by atoms with van der Waals surface area (Å²) in [5.74, 6) is 3.19. The SMILES string of the molecule is Cc1cc(N2CCCC(CCCl)C2)n2ncnc2n1. The number of aryl methyl sites for hydroxylation is 1. The van der Waals surface area contributed by atoms with Gasteiger partial charge in [0, 0.05) is 30.7 Å². The van der Waals surface area contributed by atoms with Gasteiger partial charge in [0.1, 0.15) is 12.1 Å². The van der Waals surface area contributed by atoms with Gasteiger partial charge in [-0.3, -0.25) is 0 Å². The molecule has 1 aliphatic rings. The molecule has 1 atom stereocenters. The van der Waals surface area contributed by atoms with Crippen LogP contribution in [0.4, 0.5) is 5.82 Å². The van der Waals surface area contributed by atoms with Gasteiger partial charge in [-0.2, -0.15) is 14.6 Å². The fourth-order valence-corrected chi connectivity index (χ4v) is 3.11. The summed E-state index contributed by atoms with van der Waals surface area (Å²) in [6.07, 6.45) is 5.13. The molecule has 1 unspecified atom stereocenters. The summed E-state index contributed by atoms with van der Waals surface area (Å²) in [6.45, 7) is 4.11.